The maximum Gasteiger partial charge on any atom is 0.302 e. The number of hydrogen-bond acceptors (Lipinski definition) is 9. The van der Waals surface area contributed by atoms with Gasteiger partial charge in [0, 0.05) is 31.6 Å². The van der Waals surface area contributed by atoms with Gasteiger partial charge >= 0.3 is 5.97 Å². The average Bonchev–Trinajstić information content (AvgIpc) is 3.29. The SMILES string of the molecule is COc1c(C(=O)Nc2ccc3nc(SCCOC(C)=O)sc3c2)cnc2c1c(C)nn2C. The Kier molecular flexibility index (Phi) is 6.28. The molecule has 0 atom stereocenters. The van der Waals surface area contributed by atoms with Crippen LogP contribution < -0.4 is 10.1 Å². The van der Waals surface area contributed by atoms with Crippen molar-refractivity contribution in [3.63, 3.8) is 0 Å². The fraction of sp³-hybridized carbons (Fsp3) is 0.286. The topological polar surface area (TPSA) is 108 Å². The van der Waals surface area contributed by atoms with Crippen molar-refractivity contribution < 1.29 is 19.1 Å². The lowest BCUT2D eigenvalue weighted by atomic mass is 10.1. The largest absolute Gasteiger partial charge is 0.495 e. The normalized spacial score (nSPS) is 11.1. The molecule has 9 nitrogen and oxygen atoms in total. The van der Waals surface area contributed by atoms with Crippen molar-refractivity contribution in [3.05, 3.63) is 35.7 Å². The van der Waals surface area contributed by atoms with Crippen LogP contribution in [-0.2, 0) is 16.6 Å². The lowest BCUT2D eigenvalue weighted by molar-refractivity contribution is -0.140. The first-order valence-corrected chi connectivity index (χ1v) is 11.5. The van der Waals surface area contributed by atoms with Gasteiger partial charge in [0.2, 0.25) is 0 Å². The Hall–Kier alpha value is -3.18. The van der Waals surface area contributed by atoms with Gasteiger partial charge in [-0.3, -0.25) is 14.3 Å². The van der Waals surface area contributed by atoms with E-state index in [-0.39, 0.29) is 11.9 Å². The number of esters is 1. The van der Waals surface area contributed by atoms with E-state index in [9.17, 15) is 9.59 Å². The number of nitrogens with one attached hydrogen (secondary N) is 1. The van der Waals surface area contributed by atoms with E-state index in [0.717, 1.165) is 25.6 Å². The first kappa shape index (κ1) is 22.0. The molecule has 0 aliphatic heterocycles. The van der Waals surface area contributed by atoms with Gasteiger partial charge in [-0.15, -0.1) is 11.3 Å². The van der Waals surface area contributed by atoms with Crippen LogP contribution in [0.15, 0.2) is 28.7 Å². The van der Waals surface area contributed by atoms with Gasteiger partial charge in [0.15, 0.2) is 9.99 Å². The van der Waals surface area contributed by atoms with E-state index in [1.54, 1.807) is 17.8 Å². The van der Waals surface area contributed by atoms with Gasteiger partial charge in [0.1, 0.15) is 17.9 Å². The highest BCUT2D eigenvalue weighted by Gasteiger charge is 2.21. The van der Waals surface area contributed by atoms with Crippen LogP contribution in [0.1, 0.15) is 23.0 Å². The molecule has 0 saturated carbocycles. The molecule has 0 spiro atoms. The van der Waals surface area contributed by atoms with E-state index in [2.05, 4.69) is 20.4 Å². The van der Waals surface area contributed by atoms with E-state index in [1.807, 2.05) is 19.1 Å². The van der Waals surface area contributed by atoms with Crippen LogP contribution in [0.25, 0.3) is 21.3 Å². The van der Waals surface area contributed by atoms with Crippen LogP contribution in [0.3, 0.4) is 0 Å². The molecular formula is C21H21N5O4S2. The molecule has 0 unspecified atom stereocenters. The first-order valence-electron chi connectivity index (χ1n) is 9.71. The van der Waals surface area contributed by atoms with Gasteiger partial charge in [-0.05, 0) is 25.1 Å². The highest BCUT2D eigenvalue weighted by molar-refractivity contribution is 8.01. The highest BCUT2D eigenvalue weighted by Crippen LogP contribution is 2.33. The molecule has 3 aromatic heterocycles. The molecule has 166 valence electrons. The zero-order valence-electron chi connectivity index (χ0n) is 18.0. The van der Waals surface area contributed by atoms with Crippen molar-refractivity contribution in [1.29, 1.82) is 0 Å². The minimum atomic E-state index is -0.320. The van der Waals surface area contributed by atoms with E-state index in [0.29, 0.717) is 35.0 Å². The van der Waals surface area contributed by atoms with Gasteiger partial charge < -0.3 is 14.8 Å². The molecule has 0 aliphatic rings. The van der Waals surface area contributed by atoms with E-state index in [4.69, 9.17) is 9.47 Å². The molecule has 0 saturated heterocycles. The number of amides is 1. The van der Waals surface area contributed by atoms with Gasteiger partial charge in [-0.25, -0.2) is 9.97 Å². The Labute approximate surface area is 192 Å². The summed E-state index contributed by atoms with van der Waals surface area (Å²) in [4.78, 5) is 32.8. The zero-order chi connectivity index (χ0) is 22.8. The van der Waals surface area contributed by atoms with Crippen LogP contribution in [-0.4, -0.2) is 51.1 Å². The third-order valence-corrected chi connectivity index (χ3v) is 6.79. The number of carbonyl (C=O) groups is 2. The molecule has 4 rings (SSSR count). The number of ether oxygens (including phenoxy) is 2. The van der Waals surface area contributed by atoms with Crippen molar-refractivity contribution in [3.8, 4) is 5.75 Å². The number of carbonyl (C=O) groups excluding carboxylic acids is 2. The molecule has 0 bridgehead atoms. The maximum atomic E-state index is 13.0. The quantitative estimate of drug-likeness (QED) is 0.246. The second-order valence-corrected chi connectivity index (χ2v) is 9.29. The third-order valence-electron chi connectivity index (χ3n) is 4.67. The lowest BCUT2D eigenvalue weighted by Gasteiger charge is -2.10. The number of anilines is 1. The lowest BCUT2D eigenvalue weighted by Crippen LogP contribution is -2.14. The minimum Gasteiger partial charge on any atom is -0.495 e. The number of rotatable bonds is 7. The molecule has 32 heavy (non-hydrogen) atoms. The Balaban J connectivity index is 1.53. The number of fused-ring (bicyclic) bond motifs is 2. The van der Waals surface area contributed by atoms with Crippen LogP contribution in [0.4, 0.5) is 5.69 Å². The summed E-state index contributed by atoms with van der Waals surface area (Å²) in [6.07, 6.45) is 1.50. The fourth-order valence-electron chi connectivity index (χ4n) is 3.31. The molecule has 1 amide bonds. The molecular weight excluding hydrogens is 450 g/mol. The van der Waals surface area contributed by atoms with E-state index < -0.39 is 0 Å². The summed E-state index contributed by atoms with van der Waals surface area (Å²) in [7, 11) is 3.33. The van der Waals surface area contributed by atoms with E-state index >= 15 is 0 Å². The molecule has 4 aromatic rings. The average molecular weight is 472 g/mol. The minimum absolute atomic E-state index is 0.292. The molecule has 0 fully saturated rings. The highest BCUT2D eigenvalue weighted by atomic mass is 32.2. The number of thiazole rings is 1. The summed E-state index contributed by atoms with van der Waals surface area (Å²) < 4.78 is 14.0. The number of nitrogens with zero attached hydrogens (tertiary/aromatic N) is 4. The molecule has 0 radical (unpaired) electrons. The van der Waals surface area contributed by atoms with Crippen molar-refractivity contribution in [2.24, 2.45) is 7.05 Å². The number of hydrogen-bond donors (Lipinski definition) is 1. The molecule has 3 heterocycles. The monoisotopic (exact) mass is 471 g/mol. The number of benzene rings is 1. The molecule has 1 aromatic carbocycles. The second-order valence-electron chi connectivity index (χ2n) is 6.92. The number of thioether (sulfide) groups is 1. The Morgan fingerprint density at radius 3 is 2.88 bits per heavy atom. The zero-order valence-corrected chi connectivity index (χ0v) is 19.6. The van der Waals surface area contributed by atoms with Crippen molar-refractivity contribution in [2.75, 3.05) is 24.8 Å². The number of methoxy groups -OCH3 is 1. The standard InChI is InChI=1S/C21H21N5O4S2/c1-11-17-18(29-4)14(10-22-19(17)26(3)25-11)20(28)23-13-5-6-15-16(9-13)32-21(24-15)31-8-7-30-12(2)27/h5-6,9-10H,7-8H2,1-4H3,(H,23,28). The molecule has 0 aliphatic carbocycles. The summed E-state index contributed by atoms with van der Waals surface area (Å²) in [5, 5.41) is 8.00. The Bertz CT molecular complexity index is 1330. The predicted octanol–water partition coefficient (Wildman–Crippen LogP) is 3.80. The third kappa shape index (κ3) is 4.39. The van der Waals surface area contributed by atoms with Gasteiger partial charge in [-0.1, -0.05) is 11.8 Å². The molecule has 1 N–H and O–H groups in total. The maximum absolute atomic E-state index is 13.0. The van der Waals surface area contributed by atoms with E-state index in [1.165, 1.54) is 43.3 Å². The molecule has 11 heteroatoms. The van der Waals surface area contributed by atoms with Crippen molar-refractivity contribution in [2.45, 2.75) is 18.2 Å². The van der Waals surface area contributed by atoms with Gasteiger partial charge in [-0.2, -0.15) is 5.10 Å². The Morgan fingerprint density at radius 2 is 2.12 bits per heavy atom. The van der Waals surface area contributed by atoms with Crippen LogP contribution in [0.5, 0.6) is 5.75 Å². The smallest absolute Gasteiger partial charge is 0.302 e. The summed E-state index contributed by atoms with van der Waals surface area (Å²) in [5.74, 6) is 0.467. The van der Waals surface area contributed by atoms with Crippen LogP contribution in [0.2, 0.25) is 0 Å². The Morgan fingerprint density at radius 1 is 1.31 bits per heavy atom. The first-order chi connectivity index (χ1) is 15.4. The predicted molar refractivity (Wildman–Crippen MR) is 125 cm³/mol. The number of aromatic nitrogens is 4. The van der Waals surface area contributed by atoms with Crippen LogP contribution >= 0.6 is 23.1 Å². The second kappa shape index (κ2) is 9.13. The summed E-state index contributed by atoms with van der Waals surface area (Å²) in [5.41, 5.74) is 3.22. The summed E-state index contributed by atoms with van der Waals surface area (Å²) in [6, 6.07) is 5.55. The van der Waals surface area contributed by atoms with Crippen LogP contribution in [0, 0.1) is 6.92 Å². The summed E-state index contributed by atoms with van der Waals surface area (Å²) in [6.45, 7) is 3.58. The van der Waals surface area contributed by atoms with Crippen molar-refractivity contribution >= 4 is 61.9 Å². The number of aryl methyl sites for hydroxylation is 2. The van der Waals surface area contributed by atoms with Gasteiger partial charge in [0.25, 0.3) is 5.91 Å². The number of pyridine rings is 1. The van der Waals surface area contributed by atoms with Gasteiger partial charge in [0.05, 0.1) is 28.4 Å². The summed E-state index contributed by atoms with van der Waals surface area (Å²) >= 11 is 3.04. The van der Waals surface area contributed by atoms with Crippen molar-refractivity contribution in [1.82, 2.24) is 19.7 Å². The fourth-order valence-corrected chi connectivity index (χ4v) is 5.30.